The van der Waals surface area contributed by atoms with Crippen molar-refractivity contribution in [1.82, 2.24) is 0 Å². The van der Waals surface area contributed by atoms with Gasteiger partial charge in [-0.05, 0) is 60.9 Å². The molecule has 0 aromatic heterocycles. The minimum atomic E-state index is -0.275. The molecule has 0 bridgehead atoms. The Morgan fingerprint density at radius 2 is 1.69 bits per heavy atom. The third-order valence-electron chi connectivity index (χ3n) is 4.56. The molecule has 3 aromatic rings. The van der Waals surface area contributed by atoms with Gasteiger partial charge in [-0.1, -0.05) is 36.4 Å². The monoisotopic (exact) mass is 388 g/mol. The van der Waals surface area contributed by atoms with E-state index in [1.54, 1.807) is 31.4 Å². The molecule has 2 amide bonds. The van der Waals surface area contributed by atoms with Gasteiger partial charge in [-0.15, -0.1) is 0 Å². The van der Waals surface area contributed by atoms with Gasteiger partial charge >= 0.3 is 0 Å². The summed E-state index contributed by atoms with van der Waals surface area (Å²) in [5, 5.41) is 5.73. The normalized spacial score (nSPS) is 10.3. The van der Waals surface area contributed by atoms with Crippen LogP contribution < -0.4 is 15.4 Å². The molecule has 148 valence electrons. The van der Waals surface area contributed by atoms with Crippen molar-refractivity contribution >= 4 is 23.2 Å². The fourth-order valence-electron chi connectivity index (χ4n) is 3.07. The van der Waals surface area contributed by atoms with Gasteiger partial charge in [-0.3, -0.25) is 9.59 Å². The maximum atomic E-state index is 12.7. The van der Waals surface area contributed by atoms with Gasteiger partial charge in [0.05, 0.1) is 24.8 Å². The number of carbonyl (C=O) groups is 2. The molecule has 0 radical (unpaired) electrons. The molecule has 0 aliphatic heterocycles. The SMILES string of the molecule is COc1cc(CC(=O)Nc2ccccc2C(=O)Nc2cccc(C)c2)ccc1C. The molecule has 0 unspecified atom stereocenters. The predicted octanol–water partition coefficient (Wildman–Crippen LogP) is 4.75. The average Bonchev–Trinajstić information content (AvgIpc) is 2.69. The Morgan fingerprint density at radius 3 is 2.45 bits per heavy atom. The number of anilines is 2. The van der Waals surface area contributed by atoms with Crippen LogP contribution in [0, 0.1) is 13.8 Å². The third-order valence-corrected chi connectivity index (χ3v) is 4.56. The number of ether oxygens (including phenoxy) is 1. The van der Waals surface area contributed by atoms with E-state index in [1.807, 2.05) is 56.3 Å². The van der Waals surface area contributed by atoms with Crippen LogP contribution in [0.2, 0.25) is 0 Å². The summed E-state index contributed by atoms with van der Waals surface area (Å²) in [6, 6.07) is 20.2. The highest BCUT2D eigenvalue weighted by Crippen LogP contribution is 2.21. The zero-order valence-electron chi connectivity index (χ0n) is 16.8. The van der Waals surface area contributed by atoms with Gasteiger partial charge in [0.2, 0.25) is 5.91 Å². The molecule has 5 nitrogen and oxygen atoms in total. The Balaban J connectivity index is 1.73. The topological polar surface area (TPSA) is 67.4 Å². The van der Waals surface area contributed by atoms with Gasteiger partial charge in [0, 0.05) is 5.69 Å². The molecule has 3 rings (SSSR count). The number of methoxy groups -OCH3 is 1. The van der Waals surface area contributed by atoms with E-state index in [9.17, 15) is 9.59 Å². The highest BCUT2D eigenvalue weighted by molar-refractivity contribution is 6.10. The van der Waals surface area contributed by atoms with Gasteiger partial charge in [-0.25, -0.2) is 0 Å². The minimum absolute atomic E-state index is 0.185. The number of benzene rings is 3. The molecule has 5 heteroatoms. The molecule has 2 N–H and O–H groups in total. The van der Waals surface area contributed by atoms with E-state index in [1.165, 1.54) is 0 Å². The first-order valence-electron chi connectivity index (χ1n) is 9.36. The molecule has 0 spiro atoms. The largest absolute Gasteiger partial charge is 0.496 e. The molecular formula is C24H24N2O3. The van der Waals surface area contributed by atoms with Crippen molar-refractivity contribution in [3.05, 3.63) is 89.0 Å². The van der Waals surface area contributed by atoms with Crippen molar-refractivity contribution in [1.29, 1.82) is 0 Å². The first-order chi connectivity index (χ1) is 14.0. The second-order valence-corrected chi connectivity index (χ2v) is 6.90. The zero-order chi connectivity index (χ0) is 20.8. The molecule has 0 atom stereocenters. The van der Waals surface area contributed by atoms with Crippen LogP contribution in [0.5, 0.6) is 5.75 Å². The van der Waals surface area contributed by atoms with E-state index >= 15 is 0 Å². The standard InChI is InChI=1S/C24H24N2O3/c1-16-7-6-8-19(13-16)25-24(28)20-9-4-5-10-21(20)26-23(27)15-18-12-11-17(2)22(14-18)29-3/h4-14H,15H2,1-3H3,(H,25,28)(H,26,27). The molecule has 0 saturated heterocycles. The van der Waals surface area contributed by atoms with E-state index in [2.05, 4.69) is 10.6 Å². The van der Waals surface area contributed by atoms with Crippen LogP contribution in [0.25, 0.3) is 0 Å². The molecule has 29 heavy (non-hydrogen) atoms. The van der Waals surface area contributed by atoms with Crippen molar-refractivity contribution in [3.63, 3.8) is 0 Å². The lowest BCUT2D eigenvalue weighted by Gasteiger charge is -2.12. The Bertz CT molecular complexity index is 1040. The second-order valence-electron chi connectivity index (χ2n) is 6.90. The first kappa shape index (κ1) is 20.1. The molecule has 3 aromatic carbocycles. The summed E-state index contributed by atoms with van der Waals surface area (Å²) in [7, 11) is 1.61. The lowest BCUT2D eigenvalue weighted by atomic mass is 10.1. The number of amides is 2. The predicted molar refractivity (Wildman–Crippen MR) is 116 cm³/mol. The molecule has 0 saturated carbocycles. The van der Waals surface area contributed by atoms with Crippen molar-refractivity contribution in [2.75, 3.05) is 17.7 Å². The first-order valence-corrected chi connectivity index (χ1v) is 9.36. The summed E-state index contributed by atoms with van der Waals surface area (Å²) in [5.41, 5.74) is 4.49. The van der Waals surface area contributed by atoms with Gasteiger partial charge in [0.1, 0.15) is 5.75 Å². The summed E-state index contributed by atoms with van der Waals surface area (Å²) in [5.74, 6) is 0.267. The van der Waals surface area contributed by atoms with Crippen LogP contribution in [0.15, 0.2) is 66.7 Å². The number of para-hydroxylation sites is 1. The number of nitrogens with one attached hydrogen (secondary N) is 2. The Kier molecular flexibility index (Phi) is 6.29. The third kappa shape index (κ3) is 5.23. The van der Waals surface area contributed by atoms with Crippen molar-refractivity contribution in [3.8, 4) is 5.75 Å². The molecule has 0 heterocycles. The van der Waals surface area contributed by atoms with Crippen LogP contribution in [-0.2, 0) is 11.2 Å². The smallest absolute Gasteiger partial charge is 0.257 e. The van der Waals surface area contributed by atoms with Crippen LogP contribution in [0.1, 0.15) is 27.0 Å². The lowest BCUT2D eigenvalue weighted by Crippen LogP contribution is -2.19. The average molecular weight is 388 g/mol. The van der Waals surface area contributed by atoms with E-state index in [4.69, 9.17) is 4.74 Å². The van der Waals surface area contributed by atoms with E-state index in [-0.39, 0.29) is 18.2 Å². The van der Waals surface area contributed by atoms with E-state index in [0.29, 0.717) is 16.9 Å². The van der Waals surface area contributed by atoms with E-state index < -0.39 is 0 Å². The minimum Gasteiger partial charge on any atom is -0.496 e. The van der Waals surface area contributed by atoms with Gasteiger partial charge in [-0.2, -0.15) is 0 Å². The molecule has 0 aliphatic rings. The highest BCUT2D eigenvalue weighted by atomic mass is 16.5. The Hall–Kier alpha value is -3.60. The maximum Gasteiger partial charge on any atom is 0.257 e. The zero-order valence-corrected chi connectivity index (χ0v) is 16.8. The second kappa shape index (κ2) is 9.06. The lowest BCUT2D eigenvalue weighted by molar-refractivity contribution is -0.115. The van der Waals surface area contributed by atoms with Crippen molar-refractivity contribution < 1.29 is 14.3 Å². The number of aryl methyl sites for hydroxylation is 2. The van der Waals surface area contributed by atoms with Crippen molar-refractivity contribution in [2.45, 2.75) is 20.3 Å². The number of hydrogen-bond donors (Lipinski definition) is 2. The van der Waals surface area contributed by atoms with E-state index in [0.717, 1.165) is 22.4 Å². The molecule has 0 fully saturated rings. The fourth-order valence-corrected chi connectivity index (χ4v) is 3.07. The summed E-state index contributed by atoms with van der Waals surface area (Å²) in [4.78, 5) is 25.3. The maximum absolute atomic E-state index is 12.7. The number of hydrogen-bond acceptors (Lipinski definition) is 3. The van der Waals surface area contributed by atoms with Gasteiger partial charge in [0.25, 0.3) is 5.91 Å². The quantitative estimate of drug-likeness (QED) is 0.641. The summed E-state index contributed by atoms with van der Waals surface area (Å²) < 4.78 is 5.32. The van der Waals surface area contributed by atoms with Crippen molar-refractivity contribution in [2.24, 2.45) is 0 Å². The molecular weight excluding hydrogens is 364 g/mol. The fraction of sp³-hybridized carbons (Fsp3) is 0.167. The Morgan fingerprint density at radius 1 is 0.897 bits per heavy atom. The number of rotatable bonds is 6. The Labute approximate surface area is 170 Å². The summed E-state index contributed by atoms with van der Waals surface area (Å²) in [6.45, 7) is 3.91. The highest BCUT2D eigenvalue weighted by Gasteiger charge is 2.14. The van der Waals surface area contributed by atoms with Crippen LogP contribution >= 0.6 is 0 Å². The van der Waals surface area contributed by atoms with Crippen LogP contribution in [0.3, 0.4) is 0 Å². The summed E-state index contributed by atoms with van der Waals surface area (Å²) in [6.07, 6.45) is 0.185. The summed E-state index contributed by atoms with van der Waals surface area (Å²) >= 11 is 0. The van der Waals surface area contributed by atoms with Crippen LogP contribution in [-0.4, -0.2) is 18.9 Å². The molecule has 0 aliphatic carbocycles. The number of carbonyl (C=O) groups excluding carboxylic acids is 2. The van der Waals surface area contributed by atoms with Gasteiger partial charge < -0.3 is 15.4 Å². The van der Waals surface area contributed by atoms with Crippen LogP contribution in [0.4, 0.5) is 11.4 Å². The van der Waals surface area contributed by atoms with Gasteiger partial charge in [0.15, 0.2) is 0 Å².